The predicted octanol–water partition coefficient (Wildman–Crippen LogP) is 0.0659. The number of amides is 1. The first-order valence-corrected chi connectivity index (χ1v) is 5.74. The number of para-hydroxylation sites is 1. The zero-order valence-electron chi connectivity index (χ0n) is 10.5. The SMILES string of the molecule is N#CC1(C(=O)O)OC1(C(N)=O)c1cccc2c1OC(F)(F)O2. The molecule has 0 aromatic heterocycles. The number of rotatable bonds is 3. The monoisotopic (exact) mass is 312 g/mol. The summed E-state index contributed by atoms with van der Waals surface area (Å²) >= 11 is 0. The largest absolute Gasteiger partial charge is 0.586 e. The van der Waals surface area contributed by atoms with Crippen LogP contribution in [0.5, 0.6) is 11.5 Å². The van der Waals surface area contributed by atoms with E-state index in [1.165, 1.54) is 12.1 Å². The summed E-state index contributed by atoms with van der Waals surface area (Å²) in [5.41, 5.74) is -0.322. The van der Waals surface area contributed by atoms with E-state index in [2.05, 4.69) is 9.47 Å². The molecule has 1 saturated heterocycles. The van der Waals surface area contributed by atoms with Gasteiger partial charge in [-0.1, -0.05) is 12.1 Å². The Labute approximate surface area is 120 Å². The number of hydrogen-bond acceptors (Lipinski definition) is 6. The van der Waals surface area contributed by atoms with Crippen LogP contribution >= 0.6 is 0 Å². The van der Waals surface area contributed by atoms with Gasteiger partial charge in [-0.25, -0.2) is 4.79 Å². The zero-order valence-corrected chi connectivity index (χ0v) is 10.5. The molecule has 0 spiro atoms. The van der Waals surface area contributed by atoms with Gasteiger partial charge in [-0.2, -0.15) is 5.26 Å². The molecule has 8 nitrogen and oxygen atoms in total. The van der Waals surface area contributed by atoms with Crippen LogP contribution in [-0.2, 0) is 19.9 Å². The highest BCUT2D eigenvalue weighted by Gasteiger charge is 2.82. The second-order valence-electron chi connectivity index (χ2n) is 4.55. The molecule has 3 N–H and O–H groups in total. The number of nitrogens with zero attached hydrogens (tertiary/aromatic N) is 1. The van der Waals surface area contributed by atoms with E-state index in [1.807, 2.05) is 0 Å². The van der Waals surface area contributed by atoms with Crippen molar-refractivity contribution in [3.63, 3.8) is 0 Å². The molecule has 2 heterocycles. The maximum absolute atomic E-state index is 13.2. The summed E-state index contributed by atoms with van der Waals surface area (Å²) in [5.74, 6) is -4.15. The van der Waals surface area contributed by atoms with Crippen LogP contribution in [0.3, 0.4) is 0 Å². The Morgan fingerprint density at radius 1 is 1.32 bits per heavy atom. The van der Waals surface area contributed by atoms with Crippen molar-refractivity contribution in [2.24, 2.45) is 5.73 Å². The average molecular weight is 312 g/mol. The molecule has 10 heteroatoms. The Bertz CT molecular complexity index is 760. The summed E-state index contributed by atoms with van der Waals surface area (Å²) in [6.07, 6.45) is -4.00. The lowest BCUT2D eigenvalue weighted by Crippen LogP contribution is -2.41. The number of primary amides is 1. The molecule has 2 unspecified atom stereocenters. The number of carboxylic acid groups (broad SMARTS) is 1. The van der Waals surface area contributed by atoms with Crippen LogP contribution in [0.2, 0.25) is 0 Å². The third kappa shape index (κ3) is 1.45. The quantitative estimate of drug-likeness (QED) is 0.753. The molecule has 0 saturated carbocycles. The van der Waals surface area contributed by atoms with Crippen LogP contribution in [0.1, 0.15) is 5.56 Å². The first-order chi connectivity index (χ1) is 10.2. The minimum absolute atomic E-state index is 0.418. The fraction of sp³-hybridized carbons (Fsp3) is 0.250. The van der Waals surface area contributed by atoms with Crippen LogP contribution < -0.4 is 15.2 Å². The Balaban J connectivity index is 2.21. The molecule has 1 amide bonds. The number of fused-ring (bicyclic) bond motifs is 1. The topological polar surface area (TPSA) is 135 Å². The second-order valence-corrected chi connectivity index (χ2v) is 4.55. The lowest BCUT2D eigenvalue weighted by atomic mass is 9.85. The molecule has 114 valence electrons. The summed E-state index contributed by atoms with van der Waals surface area (Å²) in [7, 11) is 0. The molecule has 22 heavy (non-hydrogen) atoms. The molecule has 0 bridgehead atoms. The van der Waals surface area contributed by atoms with Crippen molar-refractivity contribution in [3.8, 4) is 17.6 Å². The maximum Gasteiger partial charge on any atom is 0.586 e. The first kappa shape index (κ1) is 14.0. The summed E-state index contributed by atoms with van der Waals surface area (Å²) in [5, 5.41) is 18.2. The molecule has 3 rings (SSSR count). The molecule has 1 aromatic rings. The van der Waals surface area contributed by atoms with Crippen molar-refractivity contribution in [2.45, 2.75) is 17.5 Å². The zero-order chi connectivity index (χ0) is 16.3. The number of nitriles is 1. The normalized spacial score (nSPS) is 30.4. The standard InChI is InChI=1S/C12H6F2N2O6/c13-12(14)20-6-3-1-2-5(7(6)21-12)11(8(16)17)10(4-15,22-11)9(18)19/h1-3H,(H2,16,17)(H,18,19). The number of carbonyl (C=O) groups excluding carboxylic acids is 1. The minimum atomic E-state index is -4.00. The summed E-state index contributed by atoms with van der Waals surface area (Å²) in [6.45, 7) is 0. The number of alkyl halides is 2. The number of nitrogens with two attached hydrogens (primary N) is 1. The Kier molecular flexibility index (Phi) is 2.44. The summed E-state index contributed by atoms with van der Waals surface area (Å²) in [4.78, 5) is 23.0. The molecule has 2 atom stereocenters. The van der Waals surface area contributed by atoms with Gasteiger partial charge in [0, 0.05) is 5.56 Å². The van der Waals surface area contributed by atoms with E-state index in [-0.39, 0.29) is 0 Å². The van der Waals surface area contributed by atoms with Gasteiger partial charge in [-0.05, 0) is 6.07 Å². The van der Waals surface area contributed by atoms with Crippen molar-refractivity contribution in [3.05, 3.63) is 23.8 Å². The van der Waals surface area contributed by atoms with Crippen molar-refractivity contribution >= 4 is 11.9 Å². The molecule has 0 radical (unpaired) electrons. The van der Waals surface area contributed by atoms with E-state index < -0.39 is 46.4 Å². The minimum Gasteiger partial charge on any atom is -0.478 e. The lowest BCUT2D eigenvalue weighted by Gasteiger charge is -2.13. The van der Waals surface area contributed by atoms with Gasteiger partial charge in [0.1, 0.15) is 6.07 Å². The number of carboxylic acids is 1. The van der Waals surface area contributed by atoms with E-state index in [9.17, 15) is 18.4 Å². The van der Waals surface area contributed by atoms with Gasteiger partial charge in [0.25, 0.3) is 11.5 Å². The van der Waals surface area contributed by atoms with E-state index in [0.29, 0.717) is 0 Å². The molecule has 2 aliphatic heterocycles. The number of halogens is 2. The van der Waals surface area contributed by atoms with Crippen LogP contribution in [0.15, 0.2) is 18.2 Å². The number of aliphatic carboxylic acids is 1. The van der Waals surface area contributed by atoms with E-state index in [0.717, 1.165) is 12.1 Å². The number of hydrogen-bond donors (Lipinski definition) is 2. The Morgan fingerprint density at radius 3 is 2.50 bits per heavy atom. The summed E-state index contributed by atoms with van der Waals surface area (Å²) < 4.78 is 39.7. The Hall–Kier alpha value is -2.93. The van der Waals surface area contributed by atoms with Gasteiger partial charge >= 0.3 is 12.3 Å². The average Bonchev–Trinajstić information content (AvgIpc) is 3.02. The van der Waals surface area contributed by atoms with E-state index >= 15 is 0 Å². The van der Waals surface area contributed by atoms with Gasteiger partial charge in [0.15, 0.2) is 11.5 Å². The third-order valence-corrected chi connectivity index (χ3v) is 3.37. The number of epoxide rings is 1. The smallest absolute Gasteiger partial charge is 0.478 e. The fourth-order valence-corrected chi connectivity index (χ4v) is 2.40. The highest BCUT2D eigenvalue weighted by molar-refractivity contribution is 6.03. The van der Waals surface area contributed by atoms with Gasteiger partial charge in [0.05, 0.1) is 0 Å². The first-order valence-electron chi connectivity index (χ1n) is 5.74. The van der Waals surface area contributed by atoms with Crippen molar-refractivity contribution in [2.75, 3.05) is 0 Å². The molecule has 0 aliphatic carbocycles. The van der Waals surface area contributed by atoms with Crippen LogP contribution in [0.25, 0.3) is 0 Å². The fourth-order valence-electron chi connectivity index (χ4n) is 2.40. The lowest BCUT2D eigenvalue weighted by molar-refractivity contribution is -0.287. The molecule has 1 aromatic carbocycles. The predicted molar refractivity (Wildman–Crippen MR) is 60.6 cm³/mol. The van der Waals surface area contributed by atoms with Crippen LogP contribution in [0, 0.1) is 11.3 Å². The highest BCUT2D eigenvalue weighted by atomic mass is 19.3. The van der Waals surface area contributed by atoms with Crippen LogP contribution in [-0.4, -0.2) is 28.9 Å². The number of ether oxygens (including phenoxy) is 3. The second kappa shape index (κ2) is 3.83. The molecular formula is C12H6F2N2O6. The Morgan fingerprint density at radius 2 is 2.00 bits per heavy atom. The van der Waals surface area contributed by atoms with Crippen molar-refractivity contribution in [1.29, 1.82) is 5.26 Å². The molecule has 2 aliphatic rings. The van der Waals surface area contributed by atoms with Gasteiger partial charge in [-0.15, -0.1) is 8.78 Å². The van der Waals surface area contributed by atoms with Gasteiger partial charge in [-0.3, -0.25) is 4.79 Å². The molecular weight excluding hydrogens is 306 g/mol. The third-order valence-electron chi connectivity index (χ3n) is 3.37. The van der Waals surface area contributed by atoms with Gasteiger partial charge in [0.2, 0.25) is 5.60 Å². The summed E-state index contributed by atoms with van der Waals surface area (Å²) in [6, 6.07) is 4.74. The maximum atomic E-state index is 13.2. The van der Waals surface area contributed by atoms with Crippen molar-refractivity contribution in [1.82, 2.24) is 0 Å². The van der Waals surface area contributed by atoms with Crippen LogP contribution in [0.4, 0.5) is 8.78 Å². The van der Waals surface area contributed by atoms with E-state index in [1.54, 1.807) is 0 Å². The number of carbonyl (C=O) groups is 2. The van der Waals surface area contributed by atoms with E-state index in [4.69, 9.17) is 20.8 Å². The number of benzene rings is 1. The highest BCUT2D eigenvalue weighted by Crippen LogP contribution is 2.60. The molecule has 1 fully saturated rings. The van der Waals surface area contributed by atoms with Crippen molar-refractivity contribution < 1.29 is 37.7 Å². The van der Waals surface area contributed by atoms with Gasteiger partial charge < -0.3 is 25.1 Å².